The van der Waals surface area contributed by atoms with Gasteiger partial charge >= 0.3 is 6.09 Å². The molecule has 3 rings (SSSR count). The van der Waals surface area contributed by atoms with Gasteiger partial charge in [-0.3, -0.25) is 9.59 Å². The lowest BCUT2D eigenvalue weighted by Crippen LogP contribution is -2.35. The Morgan fingerprint density at radius 2 is 1.97 bits per heavy atom. The van der Waals surface area contributed by atoms with E-state index in [9.17, 15) is 14.4 Å². The SMILES string of the molecule is CNC(=O)c1c(NC(=O)CSc2ccc(C)cc2)sc2c1CCN(C(=O)OC)C2. The molecule has 3 amide bonds. The van der Waals surface area contributed by atoms with Crippen molar-refractivity contribution >= 4 is 46.0 Å². The summed E-state index contributed by atoms with van der Waals surface area (Å²) in [6.45, 7) is 2.85. The summed E-state index contributed by atoms with van der Waals surface area (Å²) in [5, 5.41) is 6.05. The first-order valence-corrected chi connectivity index (χ1v) is 10.9. The van der Waals surface area contributed by atoms with Crippen LogP contribution in [0.3, 0.4) is 0 Å². The zero-order valence-corrected chi connectivity index (χ0v) is 18.2. The molecule has 0 fully saturated rings. The number of ether oxygens (including phenoxy) is 1. The molecule has 7 nitrogen and oxygen atoms in total. The second-order valence-corrected chi connectivity index (χ2v) is 8.73. The molecule has 0 spiro atoms. The Bertz CT molecular complexity index is 925. The number of thioether (sulfide) groups is 1. The van der Waals surface area contributed by atoms with E-state index in [0.717, 1.165) is 15.3 Å². The van der Waals surface area contributed by atoms with Crippen LogP contribution in [-0.4, -0.2) is 49.3 Å². The van der Waals surface area contributed by atoms with Gasteiger partial charge in [0, 0.05) is 23.4 Å². The molecule has 9 heteroatoms. The van der Waals surface area contributed by atoms with E-state index in [-0.39, 0.29) is 17.6 Å². The summed E-state index contributed by atoms with van der Waals surface area (Å²) in [5.41, 5.74) is 2.54. The molecule has 29 heavy (non-hydrogen) atoms. The van der Waals surface area contributed by atoms with Gasteiger partial charge < -0.3 is 20.3 Å². The van der Waals surface area contributed by atoms with Crippen LogP contribution in [0.5, 0.6) is 0 Å². The molecule has 0 bridgehead atoms. The first-order chi connectivity index (χ1) is 13.9. The number of aryl methyl sites for hydroxylation is 1. The van der Waals surface area contributed by atoms with E-state index in [1.807, 2.05) is 31.2 Å². The number of carbonyl (C=O) groups is 3. The highest BCUT2D eigenvalue weighted by Gasteiger charge is 2.30. The van der Waals surface area contributed by atoms with Gasteiger partial charge in [-0.05, 0) is 31.0 Å². The summed E-state index contributed by atoms with van der Waals surface area (Å²) in [6, 6.07) is 7.97. The average Bonchev–Trinajstić information content (AvgIpc) is 3.08. The van der Waals surface area contributed by atoms with E-state index in [4.69, 9.17) is 4.74 Å². The van der Waals surface area contributed by atoms with Gasteiger partial charge in [-0.1, -0.05) is 17.7 Å². The van der Waals surface area contributed by atoms with Crippen LogP contribution < -0.4 is 10.6 Å². The van der Waals surface area contributed by atoms with Crippen LogP contribution in [0.2, 0.25) is 0 Å². The molecule has 2 N–H and O–H groups in total. The minimum Gasteiger partial charge on any atom is -0.453 e. The standard InChI is InChI=1S/C20H23N3O4S2/c1-12-4-6-13(7-5-12)28-11-16(24)22-19-17(18(25)21-2)14-8-9-23(20(26)27-3)10-15(14)29-19/h4-7H,8-11H2,1-3H3,(H,21,25)(H,22,24). The fourth-order valence-corrected chi connectivity index (χ4v) is 5.06. The average molecular weight is 434 g/mol. The number of carbonyl (C=O) groups excluding carboxylic acids is 3. The third kappa shape index (κ3) is 4.91. The highest BCUT2D eigenvalue weighted by Crippen LogP contribution is 2.37. The van der Waals surface area contributed by atoms with E-state index in [1.54, 1.807) is 11.9 Å². The van der Waals surface area contributed by atoms with Crippen LogP contribution in [0.15, 0.2) is 29.2 Å². The van der Waals surface area contributed by atoms with Crippen molar-refractivity contribution in [3.05, 3.63) is 45.8 Å². The fourth-order valence-electron chi connectivity index (χ4n) is 3.09. The molecular weight excluding hydrogens is 410 g/mol. The Balaban J connectivity index is 1.75. The second kappa shape index (κ2) is 9.32. The topological polar surface area (TPSA) is 87.7 Å². The van der Waals surface area contributed by atoms with Crippen LogP contribution in [0.25, 0.3) is 0 Å². The number of anilines is 1. The third-order valence-electron chi connectivity index (χ3n) is 4.59. The van der Waals surface area contributed by atoms with Crippen LogP contribution in [0.1, 0.15) is 26.4 Å². The largest absolute Gasteiger partial charge is 0.453 e. The number of rotatable bonds is 5. The van der Waals surface area contributed by atoms with Gasteiger partial charge in [0.15, 0.2) is 0 Å². The molecule has 154 valence electrons. The summed E-state index contributed by atoms with van der Waals surface area (Å²) in [4.78, 5) is 40.3. The lowest BCUT2D eigenvalue weighted by Gasteiger charge is -2.25. The highest BCUT2D eigenvalue weighted by molar-refractivity contribution is 8.00. The first-order valence-electron chi connectivity index (χ1n) is 9.11. The van der Waals surface area contributed by atoms with Gasteiger partial charge in [-0.2, -0.15) is 0 Å². The van der Waals surface area contributed by atoms with E-state index in [1.165, 1.54) is 35.8 Å². The molecule has 2 aromatic rings. The number of nitrogens with one attached hydrogen (secondary N) is 2. The summed E-state index contributed by atoms with van der Waals surface area (Å²) in [6.07, 6.45) is 0.142. The Kier molecular flexibility index (Phi) is 6.81. The molecule has 0 unspecified atom stereocenters. The predicted octanol–water partition coefficient (Wildman–Crippen LogP) is 3.27. The number of hydrogen-bond donors (Lipinski definition) is 2. The van der Waals surface area contributed by atoms with Crippen molar-refractivity contribution in [3.63, 3.8) is 0 Å². The molecule has 2 heterocycles. The number of benzene rings is 1. The lowest BCUT2D eigenvalue weighted by molar-refractivity contribution is -0.113. The fraction of sp³-hybridized carbons (Fsp3) is 0.350. The highest BCUT2D eigenvalue weighted by atomic mass is 32.2. The number of hydrogen-bond acceptors (Lipinski definition) is 6. The normalized spacial score (nSPS) is 12.9. The Labute approximate surface area is 177 Å². The number of thiophene rings is 1. The minimum atomic E-state index is -0.398. The van der Waals surface area contributed by atoms with Gasteiger partial charge in [0.1, 0.15) is 5.00 Å². The Morgan fingerprint density at radius 3 is 2.62 bits per heavy atom. The van der Waals surface area contributed by atoms with Crippen LogP contribution in [-0.2, 0) is 22.5 Å². The second-order valence-electron chi connectivity index (χ2n) is 6.58. The molecule has 0 radical (unpaired) electrons. The molecule has 1 aliphatic heterocycles. The Morgan fingerprint density at radius 1 is 1.24 bits per heavy atom. The maximum absolute atomic E-state index is 12.5. The molecule has 0 atom stereocenters. The van der Waals surface area contributed by atoms with E-state index in [0.29, 0.717) is 30.1 Å². The monoisotopic (exact) mass is 433 g/mol. The van der Waals surface area contributed by atoms with E-state index in [2.05, 4.69) is 10.6 Å². The van der Waals surface area contributed by atoms with E-state index >= 15 is 0 Å². The van der Waals surface area contributed by atoms with Gasteiger partial charge in [0.05, 0.1) is 25.0 Å². The Hall–Kier alpha value is -2.52. The molecule has 1 aromatic heterocycles. The summed E-state index contributed by atoms with van der Waals surface area (Å²) >= 11 is 2.78. The van der Waals surface area contributed by atoms with E-state index < -0.39 is 6.09 Å². The van der Waals surface area contributed by atoms with Crippen molar-refractivity contribution in [3.8, 4) is 0 Å². The summed E-state index contributed by atoms with van der Waals surface area (Å²) in [5.74, 6) is -0.174. The number of amides is 3. The van der Waals surface area contributed by atoms with Crippen LogP contribution >= 0.6 is 23.1 Å². The number of methoxy groups -OCH3 is 1. The zero-order valence-electron chi connectivity index (χ0n) is 16.5. The third-order valence-corrected chi connectivity index (χ3v) is 6.73. The maximum atomic E-state index is 12.5. The summed E-state index contributed by atoms with van der Waals surface area (Å²) < 4.78 is 4.80. The lowest BCUT2D eigenvalue weighted by atomic mass is 10.0. The zero-order chi connectivity index (χ0) is 21.0. The molecule has 1 aliphatic rings. The predicted molar refractivity (Wildman–Crippen MR) is 115 cm³/mol. The van der Waals surface area contributed by atoms with Gasteiger partial charge in [-0.25, -0.2) is 4.79 Å². The first kappa shape index (κ1) is 21.2. The van der Waals surface area contributed by atoms with Crippen LogP contribution in [0, 0.1) is 6.92 Å². The summed E-state index contributed by atoms with van der Waals surface area (Å²) in [7, 11) is 2.91. The van der Waals surface area contributed by atoms with Gasteiger partial charge in [0.2, 0.25) is 5.91 Å². The smallest absolute Gasteiger partial charge is 0.409 e. The van der Waals surface area contributed by atoms with Crippen molar-refractivity contribution in [2.45, 2.75) is 24.8 Å². The molecule has 0 saturated heterocycles. The van der Waals surface area contributed by atoms with Gasteiger partial charge in [0.25, 0.3) is 5.91 Å². The van der Waals surface area contributed by atoms with Gasteiger partial charge in [-0.15, -0.1) is 23.1 Å². The van der Waals surface area contributed by atoms with Crippen molar-refractivity contribution in [1.29, 1.82) is 0 Å². The molecule has 1 aromatic carbocycles. The van der Waals surface area contributed by atoms with Crippen LogP contribution in [0.4, 0.5) is 9.80 Å². The maximum Gasteiger partial charge on any atom is 0.409 e. The molecule has 0 saturated carbocycles. The number of nitrogens with zero attached hydrogens (tertiary/aromatic N) is 1. The quantitative estimate of drug-likeness (QED) is 0.707. The minimum absolute atomic E-state index is 0.177. The van der Waals surface area contributed by atoms with Crippen molar-refractivity contribution in [2.24, 2.45) is 0 Å². The van der Waals surface area contributed by atoms with Crippen molar-refractivity contribution in [1.82, 2.24) is 10.2 Å². The molecule has 0 aliphatic carbocycles. The molecular formula is C20H23N3O4S2. The number of fused-ring (bicyclic) bond motifs is 1. The van der Waals surface area contributed by atoms with Crippen molar-refractivity contribution in [2.75, 3.05) is 31.8 Å². The van der Waals surface area contributed by atoms with Crippen molar-refractivity contribution < 1.29 is 19.1 Å².